The van der Waals surface area contributed by atoms with E-state index < -0.39 is 5.91 Å². The Bertz CT molecular complexity index is 709. The maximum absolute atomic E-state index is 11.2. The maximum Gasteiger partial charge on any atom is 0.250 e. The molecule has 3 N–H and O–H groups in total. The minimum Gasteiger partial charge on any atom is -0.373 e. The number of anilines is 1. The van der Waals surface area contributed by atoms with Gasteiger partial charge in [0.25, 0.3) is 0 Å². The van der Waals surface area contributed by atoms with E-state index in [1.807, 2.05) is 18.2 Å². The van der Waals surface area contributed by atoms with Crippen molar-refractivity contribution in [1.29, 1.82) is 0 Å². The van der Waals surface area contributed by atoms with Gasteiger partial charge in [-0.05, 0) is 24.5 Å². The number of benzene rings is 1. The topological polar surface area (TPSA) is 77.2 Å². The van der Waals surface area contributed by atoms with Crippen LogP contribution >= 0.6 is 11.6 Å². The number of halogens is 1. The number of nitrogens with two attached hydrogens (primary N) is 1. The molecule has 0 radical (unpaired) electrons. The van der Waals surface area contributed by atoms with Gasteiger partial charge >= 0.3 is 0 Å². The van der Waals surface area contributed by atoms with Crippen molar-refractivity contribution in [2.75, 3.05) is 18.5 Å². The van der Waals surface area contributed by atoms with E-state index in [2.05, 4.69) is 22.4 Å². The van der Waals surface area contributed by atoms with E-state index in [9.17, 15) is 4.79 Å². The first-order valence-electron chi connectivity index (χ1n) is 8.01. The lowest BCUT2D eigenvalue weighted by atomic mass is 9.89. The quantitative estimate of drug-likeness (QED) is 0.870. The molecule has 2 aromatic rings. The van der Waals surface area contributed by atoms with E-state index in [0.29, 0.717) is 28.9 Å². The standard InChI is InChI=1S/C18H20ClN3O2/c19-15-9-14(17(20)23)11-22-18(15)21-10-13-7-4-8-24-16(13)12-5-2-1-3-6-12/h1-3,5-6,9,11,13,16H,4,7-8,10H2,(H2,20,23)(H,21,22)/t13-,16+/m0/s1. The smallest absolute Gasteiger partial charge is 0.250 e. The van der Waals surface area contributed by atoms with Crippen molar-refractivity contribution < 1.29 is 9.53 Å². The summed E-state index contributed by atoms with van der Waals surface area (Å²) in [4.78, 5) is 15.4. The van der Waals surface area contributed by atoms with E-state index in [-0.39, 0.29) is 6.10 Å². The molecule has 2 atom stereocenters. The van der Waals surface area contributed by atoms with Crippen molar-refractivity contribution in [1.82, 2.24) is 4.98 Å². The number of primary amides is 1. The molecule has 126 valence electrons. The van der Waals surface area contributed by atoms with Crippen LogP contribution in [0.25, 0.3) is 0 Å². The van der Waals surface area contributed by atoms with Gasteiger partial charge in [-0.2, -0.15) is 0 Å². The van der Waals surface area contributed by atoms with Crippen molar-refractivity contribution in [3.05, 3.63) is 58.7 Å². The van der Waals surface area contributed by atoms with Crippen LogP contribution in [0.15, 0.2) is 42.6 Å². The molecule has 0 bridgehead atoms. The Kier molecular flexibility index (Phi) is 5.33. The van der Waals surface area contributed by atoms with Crippen molar-refractivity contribution in [3.63, 3.8) is 0 Å². The first kappa shape index (κ1) is 16.7. The van der Waals surface area contributed by atoms with E-state index in [1.54, 1.807) is 0 Å². The monoisotopic (exact) mass is 345 g/mol. The van der Waals surface area contributed by atoms with E-state index in [1.165, 1.54) is 17.8 Å². The average Bonchev–Trinajstić information content (AvgIpc) is 2.61. The molecule has 0 unspecified atom stereocenters. The number of carbonyl (C=O) groups excluding carboxylic acids is 1. The zero-order valence-corrected chi connectivity index (χ0v) is 14.0. The Labute approximate surface area is 146 Å². The normalized spacial score (nSPS) is 20.5. The van der Waals surface area contributed by atoms with Gasteiger partial charge in [-0.15, -0.1) is 0 Å². The average molecular weight is 346 g/mol. The molecule has 1 aliphatic rings. The van der Waals surface area contributed by atoms with E-state index >= 15 is 0 Å². The molecule has 1 fully saturated rings. The highest BCUT2D eigenvalue weighted by atomic mass is 35.5. The second kappa shape index (κ2) is 7.64. The Morgan fingerprint density at radius 2 is 2.17 bits per heavy atom. The van der Waals surface area contributed by atoms with Gasteiger partial charge in [-0.1, -0.05) is 41.9 Å². The van der Waals surface area contributed by atoms with Gasteiger partial charge in [0.1, 0.15) is 5.82 Å². The Morgan fingerprint density at radius 1 is 1.38 bits per heavy atom. The predicted molar refractivity (Wildman–Crippen MR) is 94.1 cm³/mol. The number of ether oxygens (including phenoxy) is 1. The molecule has 1 aliphatic heterocycles. The fraction of sp³-hybridized carbons (Fsp3) is 0.333. The highest BCUT2D eigenvalue weighted by Gasteiger charge is 2.27. The van der Waals surface area contributed by atoms with Gasteiger partial charge in [0.2, 0.25) is 5.91 Å². The third kappa shape index (κ3) is 3.86. The summed E-state index contributed by atoms with van der Waals surface area (Å²) >= 11 is 6.18. The van der Waals surface area contributed by atoms with Crippen LogP contribution in [0, 0.1) is 5.92 Å². The van der Waals surface area contributed by atoms with Crippen molar-refractivity contribution in [3.8, 4) is 0 Å². The van der Waals surface area contributed by atoms with Crippen LogP contribution in [0.4, 0.5) is 5.82 Å². The first-order valence-corrected chi connectivity index (χ1v) is 8.38. The summed E-state index contributed by atoms with van der Waals surface area (Å²) in [5.41, 5.74) is 6.72. The minimum absolute atomic E-state index is 0.0659. The summed E-state index contributed by atoms with van der Waals surface area (Å²) in [6.45, 7) is 1.48. The summed E-state index contributed by atoms with van der Waals surface area (Å²) in [7, 11) is 0. The van der Waals surface area contributed by atoms with Gasteiger partial charge in [0, 0.05) is 25.3 Å². The second-order valence-electron chi connectivity index (χ2n) is 5.90. The molecule has 1 aromatic heterocycles. The van der Waals surface area contributed by atoms with Gasteiger partial charge in [-0.3, -0.25) is 4.79 Å². The lowest BCUT2D eigenvalue weighted by Crippen LogP contribution is -2.28. The molecule has 2 heterocycles. The molecular weight excluding hydrogens is 326 g/mol. The lowest BCUT2D eigenvalue weighted by molar-refractivity contribution is -0.0238. The van der Waals surface area contributed by atoms with Gasteiger partial charge in [0.15, 0.2) is 0 Å². The third-order valence-electron chi connectivity index (χ3n) is 4.23. The molecule has 1 amide bonds. The highest BCUT2D eigenvalue weighted by Crippen LogP contribution is 2.34. The summed E-state index contributed by atoms with van der Waals surface area (Å²) < 4.78 is 5.99. The molecule has 1 aromatic carbocycles. The number of pyridine rings is 1. The molecular formula is C18H20ClN3O2. The number of hydrogen-bond acceptors (Lipinski definition) is 4. The fourth-order valence-electron chi connectivity index (χ4n) is 2.99. The van der Waals surface area contributed by atoms with Crippen LogP contribution in [-0.2, 0) is 4.74 Å². The summed E-state index contributed by atoms with van der Waals surface area (Å²) in [5.74, 6) is 0.342. The van der Waals surface area contributed by atoms with Crippen molar-refractivity contribution in [2.24, 2.45) is 11.7 Å². The first-order chi connectivity index (χ1) is 11.6. The predicted octanol–water partition coefficient (Wildman–Crippen LogP) is 3.41. The van der Waals surface area contributed by atoms with Crippen LogP contribution in [0.2, 0.25) is 5.02 Å². The zero-order valence-electron chi connectivity index (χ0n) is 13.2. The molecule has 0 saturated carbocycles. The molecule has 0 aliphatic carbocycles. The molecule has 24 heavy (non-hydrogen) atoms. The van der Waals surface area contributed by atoms with E-state index in [0.717, 1.165) is 19.4 Å². The summed E-state index contributed by atoms with van der Waals surface area (Å²) in [6, 6.07) is 11.8. The maximum atomic E-state index is 11.2. The Morgan fingerprint density at radius 3 is 2.88 bits per heavy atom. The number of hydrogen-bond donors (Lipinski definition) is 2. The number of nitrogens with zero attached hydrogens (tertiary/aromatic N) is 1. The molecule has 3 rings (SSSR count). The molecule has 5 nitrogen and oxygen atoms in total. The number of nitrogens with one attached hydrogen (secondary N) is 1. The second-order valence-corrected chi connectivity index (χ2v) is 6.31. The molecule has 1 saturated heterocycles. The van der Waals surface area contributed by atoms with E-state index in [4.69, 9.17) is 22.1 Å². The van der Waals surface area contributed by atoms with Crippen LogP contribution in [0.5, 0.6) is 0 Å². The fourth-order valence-corrected chi connectivity index (χ4v) is 3.23. The summed E-state index contributed by atoms with van der Waals surface area (Å²) in [6.07, 6.45) is 3.61. The SMILES string of the molecule is NC(=O)c1cnc(NC[C@@H]2CCCO[C@@H]2c2ccccc2)c(Cl)c1. The van der Waals surface area contributed by atoms with Crippen LogP contribution in [-0.4, -0.2) is 24.0 Å². The summed E-state index contributed by atoms with van der Waals surface area (Å²) in [5, 5.41) is 3.66. The third-order valence-corrected chi connectivity index (χ3v) is 4.52. The van der Waals surface area contributed by atoms with Crippen molar-refractivity contribution >= 4 is 23.3 Å². The highest BCUT2D eigenvalue weighted by molar-refractivity contribution is 6.33. The van der Waals surface area contributed by atoms with Crippen molar-refractivity contribution in [2.45, 2.75) is 18.9 Å². The Hall–Kier alpha value is -2.11. The Balaban J connectivity index is 1.69. The number of carbonyl (C=O) groups is 1. The largest absolute Gasteiger partial charge is 0.373 e. The van der Waals surface area contributed by atoms with Gasteiger partial charge in [0.05, 0.1) is 16.7 Å². The van der Waals surface area contributed by atoms with Crippen LogP contribution in [0.1, 0.15) is 34.9 Å². The minimum atomic E-state index is -0.541. The number of amides is 1. The van der Waals surface area contributed by atoms with Crippen LogP contribution in [0.3, 0.4) is 0 Å². The molecule has 0 spiro atoms. The number of aromatic nitrogens is 1. The molecule has 6 heteroatoms. The van der Waals surface area contributed by atoms with Gasteiger partial charge < -0.3 is 15.8 Å². The number of rotatable bonds is 5. The van der Waals surface area contributed by atoms with Crippen LogP contribution < -0.4 is 11.1 Å². The zero-order chi connectivity index (χ0) is 16.9. The lowest BCUT2D eigenvalue weighted by Gasteiger charge is -2.32. The van der Waals surface area contributed by atoms with Gasteiger partial charge in [-0.25, -0.2) is 4.98 Å².